The van der Waals surface area contributed by atoms with E-state index in [0.29, 0.717) is 34.7 Å². The molecule has 8 nitrogen and oxygen atoms in total. The first-order chi connectivity index (χ1) is 17.9. The van der Waals surface area contributed by atoms with Crippen molar-refractivity contribution in [2.24, 2.45) is 0 Å². The Hall–Kier alpha value is -3.11. The van der Waals surface area contributed by atoms with Gasteiger partial charge in [-0.25, -0.2) is 4.79 Å². The highest BCUT2D eigenvalue weighted by atomic mass is 32.2. The molecule has 0 unspecified atom stereocenters. The predicted molar refractivity (Wildman–Crippen MR) is 147 cm³/mol. The molecular weight excluding hydrogens is 508 g/mol. The van der Waals surface area contributed by atoms with Gasteiger partial charge in [-0.15, -0.1) is 28.1 Å². The molecule has 2 aromatic heterocycles. The first-order valence-corrected chi connectivity index (χ1v) is 14.2. The standard InChI is InChI=1S/C27H32N4O4S2/c1-5-14-31-22(15-35-20-12-9-10-17(3)18(20)4)29-30-27(31)36-16-23(32)28-25-24(26(33)34-6-2)19-11-7-8-13-21(19)37-25/h5,9-10,12H,1,6-8,11,13-16H2,2-4H3,(H,28,32). The van der Waals surface area contributed by atoms with Crippen LogP contribution >= 0.6 is 23.1 Å². The Kier molecular flexibility index (Phi) is 9.04. The maximum Gasteiger partial charge on any atom is 0.341 e. The number of aromatic nitrogens is 3. The average molecular weight is 541 g/mol. The van der Waals surface area contributed by atoms with Gasteiger partial charge in [0, 0.05) is 11.4 Å². The van der Waals surface area contributed by atoms with Gasteiger partial charge in [0.2, 0.25) is 5.91 Å². The molecule has 1 amide bonds. The van der Waals surface area contributed by atoms with E-state index in [1.54, 1.807) is 13.0 Å². The molecule has 196 valence electrons. The van der Waals surface area contributed by atoms with E-state index in [1.807, 2.05) is 36.6 Å². The summed E-state index contributed by atoms with van der Waals surface area (Å²) in [5, 5.41) is 12.7. The Morgan fingerprint density at radius 2 is 2.05 bits per heavy atom. The Balaban J connectivity index is 1.43. The van der Waals surface area contributed by atoms with Crippen molar-refractivity contribution in [2.75, 3.05) is 17.7 Å². The maximum absolute atomic E-state index is 12.9. The van der Waals surface area contributed by atoms with Crippen LogP contribution < -0.4 is 10.1 Å². The number of hydrogen-bond donors (Lipinski definition) is 1. The van der Waals surface area contributed by atoms with Gasteiger partial charge < -0.3 is 14.8 Å². The number of esters is 1. The van der Waals surface area contributed by atoms with Crippen molar-refractivity contribution in [3.8, 4) is 5.75 Å². The molecule has 37 heavy (non-hydrogen) atoms. The van der Waals surface area contributed by atoms with E-state index in [2.05, 4.69) is 22.1 Å². The van der Waals surface area contributed by atoms with Gasteiger partial charge in [0.25, 0.3) is 0 Å². The average Bonchev–Trinajstić information content (AvgIpc) is 3.44. The summed E-state index contributed by atoms with van der Waals surface area (Å²) >= 11 is 2.77. The van der Waals surface area contributed by atoms with Crippen molar-refractivity contribution in [3.63, 3.8) is 0 Å². The molecule has 0 aliphatic heterocycles. The van der Waals surface area contributed by atoms with Crippen LogP contribution in [0.3, 0.4) is 0 Å². The lowest BCUT2D eigenvalue weighted by atomic mass is 9.95. The number of ether oxygens (including phenoxy) is 2. The molecule has 0 saturated heterocycles. The van der Waals surface area contributed by atoms with Crippen LogP contribution in [0.25, 0.3) is 0 Å². The number of thiophene rings is 1. The minimum absolute atomic E-state index is 0.123. The summed E-state index contributed by atoms with van der Waals surface area (Å²) in [6, 6.07) is 5.94. The molecular formula is C27H32N4O4S2. The summed E-state index contributed by atoms with van der Waals surface area (Å²) in [6.07, 6.45) is 5.65. The van der Waals surface area contributed by atoms with Gasteiger partial charge in [0.05, 0.1) is 17.9 Å². The minimum atomic E-state index is -0.371. The van der Waals surface area contributed by atoms with Crippen molar-refractivity contribution >= 4 is 40.0 Å². The first-order valence-electron chi connectivity index (χ1n) is 12.4. The van der Waals surface area contributed by atoms with E-state index in [9.17, 15) is 9.59 Å². The van der Waals surface area contributed by atoms with Crippen molar-refractivity contribution < 1.29 is 19.1 Å². The number of allylic oxidation sites excluding steroid dienone is 1. The summed E-state index contributed by atoms with van der Waals surface area (Å²) in [6.45, 7) is 10.7. The molecule has 1 N–H and O–H groups in total. The topological polar surface area (TPSA) is 95.3 Å². The monoisotopic (exact) mass is 540 g/mol. The number of nitrogens with zero attached hydrogens (tertiary/aromatic N) is 3. The third-order valence-corrected chi connectivity index (χ3v) is 8.43. The quantitative estimate of drug-likeness (QED) is 0.195. The molecule has 0 bridgehead atoms. The highest BCUT2D eigenvalue weighted by Gasteiger charge is 2.27. The smallest absolute Gasteiger partial charge is 0.341 e. The second-order valence-corrected chi connectivity index (χ2v) is 10.8. The summed E-state index contributed by atoms with van der Waals surface area (Å²) in [4.78, 5) is 26.7. The number of fused-ring (bicyclic) bond motifs is 1. The summed E-state index contributed by atoms with van der Waals surface area (Å²) < 4.78 is 13.2. The molecule has 2 heterocycles. The Morgan fingerprint density at radius 1 is 1.24 bits per heavy atom. The lowest BCUT2D eigenvalue weighted by Gasteiger charge is -2.12. The number of carbonyl (C=O) groups is 2. The van der Waals surface area contributed by atoms with Gasteiger partial charge in [-0.05, 0) is 69.2 Å². The second-order valence-electron chi connectivity index (χ2n) is 8.76. The molecule has 4 rings (SSSR count). The Morgan fingerprint density at radius 3 is 2.84 bits per heavy atom. The maximum atomic E-state index is 12.9. The molecule has 0 radical (unpaired) electrons. The van der Waals surface area contributed by atoms with Crippen LogP contribution in [0.5, 0.6) is 5.75 Å². The van der Waals surface area contributed by atoms with E-state index in [4.69, 9.17) is 9.47 Å². The number of carbonyl (C=O) groups excluding carboxylic acids is 2. The number of amides is 1. The molecule has 1 aliphatic rings. The predicted octanol–water partition coefficient (Wildman–Crippen LogP) is 5.51. The number of anilines is 1. The number of thioether (sulfide) groups is 1. The number of benzene rings is 1. The molecule has 3 aromatic rings. The van der Waals surface area contributed by atoms with E-state index >= 15 is 0 Å². The van der Waals surface area contributed by atoms with E-state index in [1.165, 1.54) is 23.1 Å². The number of hydrogen-bond acceptors (Lipinski definition) is 8. The molecule has 10 heteroatoms. The second kappa shape index (κ2) is 12.4. The Labute approximate surface area is 225 Å². The third kappa shape index (κ3) is 6.24. The van der Waals surface area contributed by atoms with Gasteiger partial charge in [-0.2, -0.15) is 0 Å². The number of aryl methyl sites for hydroxylation is 2. The van der Waals surface area contributed by atoms with Crippen LogP contribution in [0.4, 0.5) is 5.00 Å². The minimum Gasteiger partial charge on any atom is -0.485 e. The zero-order valence-corrected chi connectivity index (χ0v) is 23.1. The van der Waals surface area contributed by atoms with Crippen LogP contribution in [-0.4, -0.2) is 39.0 Å². The normalized spacial score (nSPS) is 12.6. The fraction of sp³-hybridized carbons (Fsp3) is 0.407. The summed E-state index contributed by atoms with van der Waals surface area (Å²) in [5.74, 6) is 0.995. The van der Waals surface area contributed by atoms with Gasteiger partial charge in [-0.3, -0.25) is 9.36 Å². The van der Waals surface area contributed by atoms with Crippen LogP contribution in [0.2, 0.25) is 0 Å². The Bertz CT molecular complexity index is 1300. The van der Waals surface area contributed by atoms with Gasteiger partial charge in [-0.1, -0.05) is 30.0 Å². The van der Waals surface area contributed by atoms with Gasteiger partial charge in [0.1, 0.15) is 17.4 Å². The molecule has 1 aromatic carbocycles. The summed E-state index contributed by atoms with van der Waals surface area (Å²) in [7, 11) is 0. The molecule has 0 atom stereocenters. The number of nitrogens with one attached hydrogen (secondary N) is 1. The number of rotatable bonds is 11. The zero-order valence-electron chi connectivity index (χ0n) is 21.5. The van der Waals surface area contributed by atoms with Crippen molar-refractivity contribution in [2.45, 2.75) is 64.8 Å². The third-order valence-electron chi connectivity index (χ3n) is 6.25. The highest BCUT2D eigenvalue weighted by molar-refractivity contribution is 7.99. The van der Waals surface area contributed by atoms with E-state index in [0.717, 1.165) is 53.0 Å². The van der Waals surface area contributed by atoms with Crippen LogP contribution in [0.1, 0.15) is 57.5 Å². The lowest BCUT2D eigenvalue weighted by molar-refractivity contribution is -0.113. The molecule has 0 fully saturated rings. The SMILES string of the molecule is C=CCn1c(COc2cccc(C)c2C)nnc1SCC(=O)Nc1sc2c(c1C(=O)OCC)CCCC2. The first kappa shape index (κ1) is 26.9. The zero-order chi connectivity index (χ0) is 26.4. The summed E-state index contributed by atoms with van der Waals surface area (Å²) in [5.41, 5.74) is 3.78. The van der Waals surface area contributed by atoms with Gasteiger partial charge in [0.15, 0.2) is 11.0 Å². The van der Waals surface area contributed by atoms with Crippen molar-refractivity contribution in [1.82, 2.24) is 14.8 Å². The molecule has 0 saturated carbocycles. The molecule has 1 aliphatic carbocycles. The van der Waals surface area contributed by atoms with Crippen LogP contribution in [0, 0.1) is 13.8 Å². The highest BCUT2D eigenvalue weighted by Crippen LogP contribution is 2.38. The molecule has 0 spiro atoms. The fourth-order valence-corrected chi connectivity index (χ4v) is 6.29. The van der Waals surface area contributed by atoms with Gasteiger partial charge >= 0.3 is 5.97 Å². The van der Waals surface area contributed by atoms with Crippen molar-refractivity contribution in [3.05, 3.63) is 63.8 Å². The fourth-order valence-electron chi connectivity index (χ4n) is 4.23. The lowest BCUT2D eigenvalue weighted by Crippen LogP contribution is -2.17. The van der Waals surface area contributed by atoms with E-state index < -0.39 is 0 Å². The van der Waals surface area contributed by atoms with Crippen LogP contribution in [-0.2, 0) is 35.5 Å². The van der Waals surface area contributed by atoms with Crippen LogP contribution in [0.15, 0.2) is 36.0 Å². The largest absolute Gasteiger partial charge is 0.485 e. The van der Waals surface area contributed by atoms with Crippen molar-refractivity contribution in [1.29, 1.82) is 0 Å². The van der Waals surface area contributed by atoms with E-state index in [-0.39, 0.29) is 24.2 Å².